The molecular weight excluding hydrogens is 382 g/mol. The molecule has 30 heavy (non-hydrogen) atoms. The van der Waals surface area contributed by atoms with Crippen molar-refractivity contribution >= 4 is 28.4 Å². The largest absolute Gasteiger partial charge is 0.365 e. The first-order valence-electron chi connectivity index (χ1n) is 10.2. The Hall–Kier alpha value is -3.13. The molecule has 8 heteroatoms. The molecule has 3 heterocycles. The first kappa shape index (κ1) is 20.2. The van der Waals surface area contributed by atoms with Crippen molar-refractivity contribution in [1.82, 2.24) is 19.4 Å². The summed E-state index contributed by atoms with van der Waals surface area (Å²) in [6, 6.07) is 5.79. The lowest BCUT2D eigenvalue weighted by molar-refractivity contribution is -0.144. The minimum absolute atomic E-state index is 0.0176. The van der Waals surface area contributed by atoms with E-state index in [1.165, 1.54) is 5.56 Å². The normalized spacial score (nSPS) is 16.8. The Morgan fingerprint density at radius 1 is 1.30 bits per heavy atom. The SMILES string of the molecule is Cc1[nH]c2ccc(NC(=O)C3CN(C(=O)CCn4ccnc4C)CCO3)cc2c1C. The first-order valence-corrected chi connectivity index (χ1v) is 10.2. The zero-order valence-electron chi connectivity index (χ0n) is 17.6. The number of H-pyrrole nitrogens is 1. The second kappa shape index (κ2) is 8.31. The van der Waals surface area contributed by atoms with Crippen LogP contribution in [0.1, 0.15) is 23.5 Å². The van der Waals surface area contributed by atoms with E-state index in [1.807, 2.05) is 42.8 Å². The second-order valence-electron chi connectivity index (χ2n) is 7.74. The van der Waals surface area contributed by atoms with Gasteiger partial charge in [0.2, 0.25) is 5.91 Å². The molecule has 1 aromatic carbocycles. The van der Waals surface area contributed by atoms with Gasteiger partial charge in [0, 0.05) is 54.2 Å². The number of aromatic amines is 1. The minimum atomic E-state index is -0.678. The van der Waals surface area contributed by atoms with E-state index in [4.69, 9.17) is 4.74 Å². The van der Waals surface area contributed by atoms with E-state index in [0.717, 1.165) is 28.1 Å². The van der Waals surface area contributed by atoms with Crippen LogP contribution in [0.4, 0.5) is 5.69 Å². The van der Waals surface area contributed by atoms with Crippen LogP contribution in [-0.4, -0.2) is 57.0 Å². The number of benzene rings is 1. The maximum absolute atomic E-state index is 12.8. The maximum Gasteiger partial charge on any atom is 0.255 e. The van der Waals surface area contributed by atoms with E-state index in [2.05, 4.69) is 22.2 Å². The van der Waals surface area contributed by atoms with Gasteiger partial charge in [-0.2, -0.15) is 0 Å². The fourth-order valence-electron chi connectivity index (χ4n) is 3.81. The monoisotopic (exact) mass is 409 g/mol. The fourth-order valence-corrected chi connectivity index (χ4v) is 3.81. The second-order valence-corrected chi connectivity index (χ2v) is 7.74. The van der Waals surface area contributed by atoms with Crippen molar-refractivity contribution < 1.29 is 14.3 Å². The van der Waals surface area contributed by atoms with Crippen molar-refractivity contribution in [3.63, 3.8) is 0 Å². The number of aryl methyl sites for hydroxylation is 4. The highest BCUT2D eigenvalue weighted by Crippen LogP contribution is 2.24. The van der Waals surface area contributed by atoms with Crippen LogP contribution in [-0.2, 0) is 20.9 Å². The predicted molar refractivity (Wildman–Crippen MR) is 114 cm³/mol. The van der Waals surface area contributed by atoms with Gasteiger partial charge in [0.1, 0.15) is 5.82 Å². The molecule has 1 fully saturated rings. The molecule has 0 saturated carbocycles. The van der Waals surface area contributed by atoms with E-state index >= 15 is 0 Å². The molecule has 1 atom stereocenters. The Kier molecular flexibility index (Phi) is 5.59. The molecule has 1 aliphatic heterocycles. The number of amides is 2. The van der Waals surface area contributed by atoms with Crippen molar-refractivity contribution in [2.75, 3.05) is 25.0 Å². The van der Waals surface area contributed by atoms with Crippen LogP contribution in [0.25, 0.3) is 10.9 Å². The lowest BCUT2D eigenvalue weighted by Crippen LogP contribution is -2.50. The first-order chi connectivity index (χ1) is 14.4. The molecule has 2 aromatic heterocycles. The summed E-state index contributed by atoms with van der Waals surface area (Å²) in [5.74, 6) is 0.665. The van der Waals surface area contributed by atoms with E-state index in [0.29, 0.717) is 26.1 Å². The van der Waals surface area contributed by atoms with E-state index in [9.17, 15) is 9.59 Å². The Balaban J connectivity index is 1.36. The number of carbonyl (C=O) groups is 2. The summed E-state index contributed by atoms with van der Waals surface area (Å²) in [6.07, 6.45) is 3.28. The molecule has 0 aliphatic carbocycles. The van der Waals surface area contributed by atoms with Crippen LogP contribution in [0.3, 0.4) is 0 Å². The Labute approximate surface area is 175 Å². The van der Waals surface area contributed by atoms with Crippen molar-refractivity contribution in [2.24, 2.45) is 0 Å². The molecule has 8 nitrogen and oxygen atoms in total. The van der Waals surface area contributed by atoms with Crippen molar-refractivity contribution in [3.8, 4) is 0 Å². The van der Waals surface area contributed by atoms with Gasteiger partial charge in [0.15, 0.2) is 6.10 Å². The molecule has 1 saturated heterocycles. The van der Waals surface area contributed by atoms with E-state index in [-0.39, 0.29) is 18.4 Å². The van der Waals surface area contributed by atoms with E-state index < -0.39 is 6.10 Å². The molecule has 2 N–H and O–H groups in total. The van der Waals surface area contributed by atoms with Crippen molar-refractivity contribution in [1.29, 1.82) is 0 Å². The summed E-state index contributed by atoms with van der Waals surface area (Å²) in [6.45, 7) is 7.68. The molecule has 0 bridgehead atoms. The molecule has 0 spiro atoms. The van der Waals surface area contributed by atoms with E-state index in [1.54, 1.807) is 11.1 Å². The number of rotatable bonds is 5. The highest BCUT2D eigenvalue weighted by atomic mass is 16.5. The molecule has 1 aliphatic rings. The van der Waals surface area contributed by atoms with Gasteiger partial charge in [-0.05, 0) is 44.5 Å². The molecule has 4 rings (SSSR count). The van der Waals surface area contributed by atoms with Crippen LogP contribution < -0.4 is 5.32 Å². The minimum Gasteiger partial charge on any atom is -0.365 e. The van der Waals surface area contributed by atoms with Crippen LogP contribution >= 0.6 is 0 Å². The number of hydrogen-bond acceptors (Lipinski definition) is 4. The number of morpholine rings is 1. The lowest BCUT2D eigenvalue weighted by atomic mass is 10.1. The highest BCUT2D eigenvalue weighted by molar-refractivity contribution is 5.97. The predicted octanol–water partition coefficient (Wildman–Crippen LogP) is 2.55. The third-order valence-electron chi connectivity index (χ3n) is 5.78. The number of nitrogens with one attached hydrogen (secondary N) is 2. The Morgan fingerprint density at radius 2 is 2.13 bits per heavy atom. The van der Waals surface area contributed by atoms with Gasteiger partial charge in [-0.25, -0.2) is 4.98 Å². The summed E-state index contributed by atoms with van der Waals surface area (Å²) in [5, 5.41) is 4.02. The zero-order chi connectivity index (χ0) is 21.3. The number of aromatic nitrogens is 3. The molecular formula is C22H27N5O3. The van der Waals surface area contributed by atoms with Crippen molar-refractivity contribution in [2.45, 2.75) is 39.8 Å². The number of carbonyl (C=O) groups excluding carboxylic acids is 2. The third-order valence-corrected chi connectivity index (χ3v) is 5.78. The zero-order valence-corrected chi connectivity index (χ0v) is 17.6. The topological polar surface area (TPSA) is 92.2 Å². The maximum atomic E-state index is 12.8. The average Bonchev–Trinajstić information content (AvgIpc) is 3.28. The summed E-state index contributed by atoms with van der Waals surface area (Å²) < 4.78 is 7.60. The molecule has 2 amide bonds. The average molecular weight is 409 g/mol. The number of hydrogen-bond donors (Lipinski definition) is 2. The van der Waals surface area contributed by atoms with Crippen molar-refractivity contribution in [3.05, 3.63) is 47.7 Å². The highest BCUT2D eigenvalue weighted by Gasteiger charge is 2.29. The molecule has 158 valence electrons. The summed E-state index contributed by atoms with van der Waals surface area (Å²) in [4.78, 5) is 34.6. The quantitative estimate of drug-likeness (QED) is 0.677. The Bertz CT molecular complexity index is 1080. The number of ether oxygens (including phenoxy) is 1. The lowest BCUT2D eigenvalue weighted by Gasteiger charge is -2.32. The number of fused-ring (bicyclic) bond motifs is 1. The third kappa shape index (κ3) is 4.09. The van der Waals surface area contributed by atoms with Gasteiger partial charge < -0.3 is 24.5 Å². The van der Waals surface area contributed by atoms with Crippen LogP contribution in [0.15, 0.2) is 30.6 Å². The standard InChI is InChI=1S/C22H27N5O3/c1-14-15(2)24-19-5-4-17(12-18(14)19)25-22(29)20-13-27(10-11-30-20)21(28)6-8-26-9-7-23-16(26)3/h4-5,7,9,12,20,24H,6,8,10-11,13H2,1-3H3,(H,25,29). The van der Waals surface area contributed by atoms with Gasteiger partial charge in [-0.15, -0.1) is 0 Å². The van der Waals surface area contributed by atoms with Gasteiger partial charge in [-0.1, -0.05) is 0 Å². The summed E-state index contributed by atoms with van der Waals surface area (Å²) >= 11 is 0. The summed E-state index contributed by atoms with van der Waals surface area (Å²) in [5.41, 5.74) is 4.04. The number of imidazole rings is 1. The smallest absolute Gasteiger partial charge is 0.255 e. The number of anilines is 1. The number of nitrogens with zero attached hydrogens (tertiary/aromatic N) is 3. The molecule has 0 radical (unpaired) electrons. The van der Waals surface area contributed by atoms with Crippen LogP contribution in [0.2, 0.25) is 0 Å². The van der Waals surface area contributed by atoms with Gasteiger partial charge in [0.05, 0.1) is 13.2 Å². The van der Waals surface area contributed by atoms with Crippen LogP contribution in [0.5, 0.6) is 0 Å². The summed E-state index contributed by atoms with van der Waals surface area (Å²) in [7, 11) is 0. The Morgan fingerprint density at radius 3 is 2.90 bits per heavy atom. The molecule has 3 aromatic rings. The molecule has 1 unspecified atom stereocenters. The van der Waals surface area contributed by atoms with Crippen LogP contribution in [0, 0.1) is 20.8 Å². The van der Waals surface area contributed by atoms with Gasteiger partial charge in [-0.3, -0.25) is 9.59 Å². The van der Waals surface area contributed by atoms with Gasteiger partial charge >= 0.3 is 0 Å². The van der Waals surface area contributed by atoms with Gasteiger partial charge in [0.25, 0.3) is 5.91 Å². The fraction of sp³-hybridized carbons (Fsp3) is 0.409.